The Kier molecular flexibility index (Phi) is 1.83. The number of rotatable bonds is 1. The van der Waals surface area contributed by atoms with Crippen LogP contribution < -0.4 is 0 Å². The highest BCUT2D eigenvalue weighted by molar-refractivity contribution is 5.73. The molecule has 0 saturated carbocycles. The van der Waals surface area contributed by atoms with Gasteiger partial charge in [-0.25, -0.2) is 4.98 Å². The molecule has 4 heteroatoms. The molecule has 0 unspecified atom stereocenters. The minimum absolute atomic E-state index is 0.667. The number of hydrogen-bond acceptors (Lipinski definition) is 3. The number of hydrogen-bond donors (Lipinski definition) is 0. The van der Waals surface area contributed by atoms with Crippen LogP contribution in [0.15, 0.2) is 34.7 Å². The predicted octanol–water partition coefficient (Wildman–Crippen LogP) is 2.63. The smallest absolute Gasteiger partial charge is 0.250 e. The van der Waals surface area contributed by atoms with Gasteiger partial charge in [-0.1, -0.05) is 18.2 Å². The lowest BCUT2D eigenvalue weighted by Crippen LogP contribution is -1.95. The second-order valence-electron chi connectivity index (χ2n) is 3.72. The van der Waals surface area contributed by atoms with Gasteiger partial charge in [0.1, 0.15) is 0 Å². The minimum Gasteiger partial charge on any atom is -0.422 e. The van der Waals surface area contributed by atoms with Gasteiger partial charge in [0.2, 0.25) is 0 Å². The molecule has 1 aromatic carbocycles. The van der Waals surface area contributed by atoms with Gasteiger partial charge < -0.3 is 4.42 Å². The Morgan fingerprint density at radius 1 is 1.12 bits per heavy atom. The van der Waals surface area contributed by atoms with E-state index in [9.17, 15) is 0 Å². The van der Waals surface area contributed by atoms with E-state index in [1.807, 2.05) is 44.2 Å². The minimum atomic E-state index is 0.667. The molecule has 0 radical (unpaired) electrons. The Balaban J connectivity index is 2.32. The van der Waals surface area contributed by atoms with Crippen molar-refractivity contribution in [2.75, 3.05) is 0 Å². The van der Waals surface area contributed by atoms with E-state index in [0.717, 1.165) is 16.9 Å². The molecule has 0 N–H and O–H groups in total. The zero-order valence-corrected chi connectivity index (χ0v) is 9.14. The molecule has 16 heavy (non-hydrogen) atoms. The number of para-hydroxylation sites is 1. The summed E-state index contributed by atoms with van der Waals surface area (Å²) < 4.78 is 7.35. The van der Waals surface area contributed by atoms with Gasteiger partial charge in [-0.2, -0.15) is 9.78 Å². The van der Waals surface area contributed by atoms with Crippen molar-refractivity contribution in [3.05, 3.63) is 41.9 Å². The second kappa shape index (κ2) is 3.20. The number of benzene rings is 1. The molecule has 0 aliphatic rings. The van der Waals surface area contributed by atoms with E-state index >= 15 is 0 Å². The number of fused-ring (bicyclic) bond motifs is 1. The summed E-state index contributed by atoms with van der Waals surface area (Å²) in [6.45, 7) is 3.78. The van der Waals surface area contributed by atoms with Crippen molar-refractivity contribution in [2.45, 2.75) is 13.8 Å². The van der Waals surface area contributed by atoms with Crippen LogP contribution in [-0.2, 0) is 0 Å². The summed E-state index contributed by atoms with van der Waals surface area (Å²) in [6, 6.07) is 9.90. The molecule has 0 saturated heterocycles. The Morgan fingerprint density at radius 3 is 2.62 bits per heavy atom. The lowest BCUT2D eigenvalue weighted by molar-refractivity contribution is 0.535. The van der Waals surface area contributed by atoms with E-state index in [4.69, 9.17) is 4.42 Å². The topological polar surface area (TPSA) is 43.9 Å². The summed E-state index contributed by atoms with van der Waals surface area (Å²) in [4.78, 5) is 4.31. The average molecular weight is 213 g/mol. The molecule has 3 rings (SSSR count). The van der Waals surface area contributed by atoms with E-state index in [0.29, 0.717) is 11.6 Å². The van der Waals surface area contributed by atoms with Crippen LogP contribution in [-0.4, -0.2) is 14.8 Å². The Labute approximate surface area is 92.5 Å². The van der Waals surface area contributed by atoms with Crippen LogP contribution in [0.4, 0.5) is 0 Å². The molecule has 0 atom stereocenters. The van der Waals surface area contributed by atoms with Gasteiger partial charge in [0.05, 0.1) is 11.4 Å². The molecule has 2 aromatic heterocycles. The van der Waals surface area contributed by atoms with Crippen molar-refractivity contribution in [1.29, 1.82) is 0 Å². The standard InChI is InChI=1S/C12H11N3O/c1-8-11-12(16-9(2)13-11)15(14-8)10-6-4-3-5-7-10/h3-7H,1-2H3. The van der Waals surface area contributed by atoms with Gasteiger partial charge in [0.25, 0.3) is 5.71 Å². The molecular formula is C12H11N3O. The van der Waals surface area contributed by atoms with Crippen molar-refractivity contribution < 1.29 is 4.42 Å². The van der Waals surface area contributed by atoms with Gasteiger partial charge >= 0.3 is 0 Å². The van der Waals surface area contributed by atoms with Gasteiger partial charge in [-0.15, -0.1) is 0 Å². The summed E-state index contributed by atoms with van der Waals surface area (Å²) in [6.07, 6.45) is 0. The SMILES string of the molecule is Cc1nc2c(C)nn(-c3ccccc3)c2o1. The first-order valence-corrected chi connectivity index (χ1v) is 5.14. The van der Waals surface area contributed by atoms with Gasteiger partial charge in [-0.05, 0) is 19.1 Å². The Bertz CT molecular complexity index is 637. The molecule has 3 aromatic rings. The molecule has 4 nitrogen and oxygen atoms in total. The van der Waals surface area contributed by atoms with Crippen molar-refractivity contribution in [2.24, 2.45) is 0 Å². The van der Waals surface area contributed by atoms with Crippen LogP contribution in [0, 0.1) is 13.8 Å². The number of aromatic nitrogens is 3. The first-order valence-electron chi connectivity index (χ1n) is 5.14. The monoisotopic (exact) mass is 213 g/mol. The fourth-order valence-corrected chi connectivity index (χ4v) is 1.78. The van der Waals surface area contributed by atoms with Crippen molar-refractivity contribution >= 4 is 11.2 Å². The van der Waals surface area contributed by atoms with E-state index in [1.54, 1.807) is 4.68 Å². The van der Waals surface area contributed by atoms with Crippen molar-refractivity contribution in [3.63, 3.8) is 0 Å². The maximum absolute atomic E-state index is 5.56. The van der Waals surface area contributed by atoms with Crippen molar-refractivity contribution in [1.82, 2.24) is 14.8 Å². The molecular weight excluding hydrogens is 202 g/mol. The number of aryl methyl sites for hydroxylation is 2. The predicted molar refractivity (Wildman–Crippen MR) is 60.6 cm³/mol. The van der Waals surface area contributed by atoms with Crippen molar-refractivity contribution in [3.8, 4) is 5.69 Å². The second-order valence-corrected chi connectivity index (χ2v) is 3.72. The highest BCUT2D eigenvalue weighted by Gasteiger charge is 2.14. The number of nitrogens with zero attached hydrogens (tertiary/aromatic N) is 3. The van der Waals surface area contributed by atoms with E-state index in [1.165, 1.54) is 0 Å². The van der Waals surface area contributed by atoms with E-state index < -0.39 is 0 Å². The average Bonchev–Trinajstić information content (AvgIpc) is 2.80. The molecule has 2 heterocycles. The van der Waals surface area contributed by atoms with Gasteiger partial charge in [-0.3, -0.25) is 0 Å². The number of oxazole rings is 1. The summed E-state index contributed by atoms with van der Waals surface area (Å²) in [5.41, 5.74) is 3.41. The molecule has 0 fully saturated rings. The summed E-state index contributed by atoms with van der Waals surface area (Å²) in [5, 5.41) is 4.42. The normalized spacial score (nSPS) is 11.1. The highest BCUT2D eigenvalue weighted by Crippen LogP contribution is 2.21. The maximum Gasteiger partial charge on any atom is 0.250 e. The maximum atomic E-state index is 5.56. The third-order valence-electron chi connectivity index (χ3n) is 2.50. The first-order chi connectivity index (χ1) is 7.75. The summed E-state index contributed by atoms with van der Waals surface area (Å²) in [5.74, 6) is 0.667. The lowest BCUT2D eigenvalue weighted by atomic mass is 10.3. The lowest BCUT2D eigenvalue weighted by Gasteiger charge is -1.99. The van der Waals surface area contributed by atoms with Crippen LogP contribution in [0.2, 0.25) is 0 Å². The van der Waals surface area contributed by atoms with Gasteiger partial charge in [0, 0.05) is 6.92 Å². The third kappa shape index (κ3) is 1.23. The molecule has 0 aliphatic carbocycles. The molecule has 0 aliphatic heterocycles. The fourth-order valence-electron chi connectivity index (χ4n) is 1.78. The van der Waals surface area contributed by atoms with Crippen LogP contribution in [0.3, 0.4) is 0 Å². The molecule has 0 spiro atoms. The highest BCUT2D eigenvalue weighted by atomic mass is 16.4. The molecule has 0 amide bonds. The molecule has 80 valence electrons. The largest absolute Gasteiger partial charge is 0.422 e. The zero-order valence-electron chi connectivity index (χ0n) is 9.14. The third-order valence-corrected chi connectivity index (χ3v) is 2.50. The Morgan fingerprint density at radius 2 is 1.88 bits per heavy atom. The van der Waals surface area contributed by atoms with Crippen LogP contribution in [0.1, 0.15) is 11.6 Å². The first kappa shape index (κ1) is 9.15. The molecule has 0 bridgehead atoms. The Hall–Kier alpha value is -2.10. The fraction of sp³-hybridized carbons (Fsp3) is 0.167. The quantitative estimate of drug-likeness (QED) is 0.624. The zero-order chi connectivity index (χ0) is 11.1. The van der Waals surface area contributed by atoms with E-state index in [2.05, 4.69) is 10.1 Å². The summed E-state index contributed by atoms with van der Waals surface area (Å²) in [7, 11) is 0. The van der Waals surface area contributed by atoms with Crippen LogP contribution in [0.5, 0.6) is 0 Å². The summed E-state index contributed by atoms with van der Waals surface area (Å²) >= 11 is 0. The van der Waals surface area contributed by atoms with Crippen LogP contribution >= 0.6 is 0 Å². The van der Waals surface area contributed by atoms with Crippen LogP contribution in [0.25, 0.3) is 16.9 Å². The van der Waals surface area contributed by atoms with E-state index in [-0.39, 0.29) is 0 Å². The van der Waals surface area contributed by atoms with Gasteiger partial charge in [0.15, 0.2) is 11.4 Å².